The van der Waals surface area contributed by atoms with Crippen LogP contribution in [0.25, 0.3) is 11.0 Å². The minimum Gasteiger partial charge on any atom is -0.481 e. The molecule has 2 aromatic heterocycles. The van der Waals surface area contributed by atoms with E-state index in [1.807, 2.05) is 6.92 Å². The fourth-order valence-electron chi connectivity index (χ4n) is 3.76. The molecule has 0 fully saturated rings. The van der Waals surface area contributed by atoms with Crippen LogP contribution < -0.4 is 15.7 Å². The summed E-state index contributed by atoms with van der Waals surface area (Å²) in [5, 5.41) is 4.14. The fraction of sp³-hybridized carbons (Fsp3) is 0.348. The van der Waals surface area contributed by atoms with Gasteiger partial charge in [0.05, 0.1) is 12.2 Å². The van der Waals surface area contributed by atoms with Gasteiger partial charge in [0, 0.05) is 22.4 Å². The lowest BCUT2D eigenvalue weighted by Crippen LogP contribution is -2.30. The molecule has 0 bridgehead atoms. The molecule has 1 atom stereocenters. The maximum absolute atomic E-state index is 12.8. The van der Waals surface area contributed by atoms with E-state index in [4.69, 9.17) is 13.9 Å². The molecule has 0 aliphatic heterocycles. The fourth-order valence-corrected chi connectivity index (χ4v) is 5.04. The summed E-state index contributed by atoms with van der Waals surface area (Å²) in [6, 6.07) is 6.54. The van der Waals surface area contributed by atoms with Gasteiger partial charge in [0.25, 0.3) is 5.91 Å². The largest absolute Gasteiger partial charge is 0.481 e. The number of nitrogens with one attached hydrogen (secondary N) is 1. The molecule has 0 saturated carbocycles. The number of rotatable bonds is 6. The van der Waals surface area contributed by atoms with Gasteiger partial charge in [-0.15, -0.1) is 11.3 Å². The van der Waals surface area contributed by atoms with Crippen LogP contribution in [0.4, 0.5) is 5.00 Å². The maximum Gasteiger partial charge on any atom is 0.341 e. The van der Waals surface area contributed by atoms with Crippen molar-refractivity contribution in [3.05, 3.63) is 56.3 Å². The zero-order valence-corrected chi connectivity index (χ0v) is 18.4. The molecule has 0 saturated heterocycles. The molecule has 31 heavy (non-hydrogen) atoms. The van der Waals surface area contributed by atoms with Crippen molar-refractivity contribution in [1.82, 2.24) is 0 Å². The Morgan fingerprint density at radius 2 is 2.06 bits per heavy atom. The first-order valence-corrected chi connectivity index (χ1v) is 11.0. The molecule has 0 radical (unpaired) electrons. The van der Waals surface area contributed by atoms with Crippen LogP contribution >= 0.6 is 11.3 Å². The second kappa shape index (κ2) is 8.55. The number of ether oxygens (including phenoxy) is 2. The van der Waals surface area contributed by atoms with E-state index in [1.54, 1.807) is 32.0 Å². The molecule has 162 valence electrons. The monoisotopic (exact) mass is 441 g/mol. The average molecular weight is 442 g/mol. The van der Waals surface area contributed by atoms with Gasteiger partial charge >= 0.3 is 11.6 Å². The highest BCUT2D eigenvalue weighted by molar-refractivity contribution is 7.17. The summed E-state index contributed by atoms with van der Waals surface area (Å²) in [7, 11) is 0. The number of carbonyl (C=O) groups excluding carboxylic acids is 2. The van der Waals surface area contributed by atoms with Crippen LogP contribution in [0.5, 0.6) is 5.75 Å². The number of carbonyl (C=O) groups is 2. The molecule has 7 nitrogen and oxygen atoms in total. The first-order chi connectivity index (χ1) is 14.9. The van der Waals surface area contributed by atoms with E-state index in [1.165, 1.54) is 17.4 Å². The number of amides is 1. The van der Waals surface area contributed by atoms with E-state index in [2.05, 4.69) is 5.32 Å². The molecule has 1 amide bonds. The molecular formula is C23H23NO6S. The Labute approximate surface area is 183 Å². The molecule has 1 N–H and O–H groups in total. The third kappa shape index (κ3) is 4.20. The lowest BCUT2D eigenvalue weighted by atomic mass is 10.1. The van der Waals surface area contributed by atoms with Gasteiger partial charge in [-0.3, -0.25) is 4.79 Å². The van der Waals surface area contributed by atoms with Gasteiger partial charge in [-0.1, -0.05) is 0 Å². The molecule has 2 heterocycles. The third-order valence-electron chi connectivity index (χ3n) is 5.24. The Balaban J connectivity index is 1.53. The summed E-state index contributed by atoms with van der Waals surface area (Å²) >= 11 is 1.42. The molecule has 1 aromatic carbocycles. The van der Waals surface area contributed by atoms with E-state index in [-0.39, 0.29) is 12.5 Å². The number of fused-ring (bicyclic) bond motifs is 2. The Morgan fingerprint density at radius 1 is 1.26 bits per heavy atom. The summed E-state index contributed by atoms with van der Waals surface area (Å²) in [5.74, 6) is -0.384. The molecule has 0 unspecified atom stereocenters. The van der Waals surface area contributed by atoms with Crippen molar-refractivity contribution in [2.24, 2.45) is 0 Å². The van der Waals surface area contributed by atoms with Crippen molar-refractivity contribution < 1.29 is 23.5 Å². The minimum atomic E-state index is -0.832. The highest BCUT2D eigenvalue weighted by Crippen LogP contribution is 2.39. The molecular weight excluding hydrogens is 418 g/mol. The lowest BCUT2D eigenvalue weighted by Gasteiger charge is -2.15. The zero-order valence-electron chi connectivity index (χ0n) is 17.6. The minimum absolute atomic E-state index is 0.272. The van der Waals surface area contributed by atoms with Crippen LogP contribution in [0.1, 0.15) is 46.6 Å². The first-order valence-electron chi connectivity index (χ1n) is 10.2. The van der Waals surface area contributed by atoms with Crippen LogP contribution in [0.15, 0.2) is 33.5 Å². The zero-order chi connectivity index (χ0) is 22.1. The highest BCUT2D eigenvalue weighted by Gasteiger charge is 2.29. The molecule has 8 heteroatoms. The normalized spacial score (nSPS) is 13.6. The third-order valence-corrected chi connectivity index (χ3v) is 6.45. The van der Waals surface area contributed by atoms with Crippen molar-refractivity contribution >= 4 is 39.2 Å². The van der Waals surface area contributed by atoms with Gasteiger partial charge in [-0.05, 0) is 63.3 Å². The van der Waals surface area contributed by atoms with Gasteiger partial charge < -0.3 is 19.2 Å². The second-order valence-electron chi connectivity index (χ2n) is 7.44. The number of anilines is 1. The van der Waals surface area contributed by atoms with Gasteiger partial charge in [-0.2, -0.15) is 0 Å². The van der Waals surface area contributed by atoms with Crippen LogP contribution in [0.3, 0.4) is 0 Å². The Kier molecular flexibility index (Phi) is 5.82. The van der Waals surface area contributed by atoms with Gasteiger partial charge in [0.2, 0.25) is 0 Å². The van der Waals surface area contributed by atoms with E-state index < -0.39 is 17.7 Å². The number of thiophene rings is 1. The van der Waals surface area contributed by atoms with Crippen molar-refractivity contribution in [1.29, 1.82) is 0 Å². The number of aryl methyl sites for hydroxylation is 2. The molecule has 0 spiro atoms. The quantitative estimate of drug-likeness (QED) is 0.454. The van der Waals surface area contributed by atoms with Gasteiger partial charge in [0.1, 0.15) is 16.3 Å². The lowest BCUT2D eigenvalue weighted by molar-refractivity contribution is -0.122. The predicted molar refractivity (Wildman–Crippen MR) is 118 cm³/mol. The first kappa shape index (κ1) is 21.1. The maximum atomic E-state index is 12.8. The van der Waals surface area contributed by atoms with Crippen LogP contribution in [0, 0.1) is 6.92 Å². The standard InChI is InChI=1S/C23H23NO6S/c1-4-28-23(27)20-16-6-5-7-18(16)31-22(20)24-21(26)13(3)29-14-8-9-15-12(2)10-19(25)30-17(15)11-14/h8-11,13H,4-7H2,1-3H3,(H,24,26)/t13-/m1/s1. The van der Waals surface area contributed by atoms with Gasteiger partial charge in [-0.25, -0.2) is 9.59 Å². The Hall–Kier alpha value is -3.13. The smallest absolute Gasteiger partial charge is 0.341 e. The highest BCUT2D eigenvalue weighted by atomic mass is 32.1. The topological polar surface area (TPSA) is 94.8 Å². The summed E-state index contributed by atoms with van der Waals surface area (Å²) in [6.45, 7) is 5.48. The summed E-state index contributed by atoms with van der Waals surface area (Å²) in [6.07, 6.45) is 1.87. The molecule has 1 aliphatic carbocycles. The Morgan fingerprint density at radius 3 is 2.84 bits per heavy atom. The van der Waals surface area contributed by atoms with Crippen molar-refractivity contribution in [2.75, 3.05) is 11.9 Å². The molecule has 3 aromatic rings. The van der Waals surface area contributed by atoms with Crippen molar-refractivity contribution in [2.45, 2.75) is 46.1 Å². The van der Waals surface area contributed by atoms with E-state index in [9.17, 15) is 14.4 Å². The van der Waals surface area contributed by atoms with Crippen molar-refractivity contribution in [3.63, 3.8) is 0 Å². The summed E-state index contributed by atoms with van der Waals surface area (Å²) in [5.41, 5.74) is 2.20. The van der Waals surface area contributed by atoms with E-state index in [0.717, 1.165) is 40.7 Å². The van der Waals surface area contributed by atoms with Crippen molar-refractivity contribution in [3.8, 4) is 5.75 Å². The Bertz CT molecular complexity index is 1220. The number of hydrogen-bond acceptors (Lipinski definition) is 7. The van der Waals surface area contributed by atoms with E-state index in [0.29, 0.717) is 21.9 Å². The average Bonchev–Trinajstić information content (AvgIpc) is 3.28. The summed E-state index contributed by atoms with van der Waals surface area (Å²) in [4.78, 5) is 38.0. The SMILES string of the molecule is CCOC(=O)c1c(NC(=O)[C@@H](C)Oc2ccc3c(C)cc(=O)oc3c2)sc2c1CCC2. The molecule has 1 aliphatic rings. The molecule has 4 rings (SSSR count). The van der Waals surface area contributed by atoms with E-state index >= 15 is 0 Å². The number of hydrogen-bond donors (Lipinski definition) is 1. The predicted octanol–water partition coefficient (Wildman–Crippen LogP) is 4.23. The van der Waals surface area contributed by atoms with Crippen LogP contribution in [-0.2, 0) is 22.4 Å². The van der Waals surface area contributed by atoms with Gasteiger partial charge in [0.15, 0.2) is 6.10 Å². The summed E-state index contributed by atoms with van der Waals surface area (Å²) < 4.78 is 16.2. The number of benzene rings is 1. The van der Waals surface area contributed by atoms with Crippen LogP contribution in [0.2, 0.25) is 0 Å². The van der Waals surface area contributed by atoms with Crippen LogP contribution in [-0.4, -0.2) is 24.6 Å². The number of esters is 1. The second-order valence-corrected chi connectivity index (χ2v) is 8.54.